The fourth-order valence-corrected chi connectivity index (χ4v) is 3.44. The molecule has 2 aliphatic heterocycles. The smallest absolute Gasteiger partial charge is 0.323 e. The third kappa shape index (κ3) is 2.82. The van der Waals surface area contributed by atoms with E-state index < -0.39 is 23.4 Å². The van der Waals surface area contributed by atoms with E-state index in [9.17, 15) is 19.2 Å². The Kier molecular flexibility index (Phi) is 4.18. The number of hydrogen-bond donors (Lipinski definition) is 2. The van der Waals surface area contributed by atoms with Crippen LogP contribution in [0.2, 0.25) is 0 Å². The van der Waals surface area contributed by atoms with Crippen LogP contribution >= 0.6 is 11.8 Å². The minimum absolute atomic E-state index is 0.184. The van der Waals surface area contributed by atoms with Gasteiger partial charge in [0.1, 0.15) is 12.1 Å². The normalized spacial score (nSPS) is 23.6. The number of nitrogens with one attached hydrogen (secondary N) is 2. The fourth-order valence-electron chi connectivity index (χ4n) is 2.61. The summed E-state index contributed by atoms with van der Waals surface area (Å²) in [6.07, 6.45) is 0. The molecule has 0 radical (unpaired) electrons. The summed E-state index contributed by atoms with van der Waals surface area (Å²) in [6, 6.07) is 8.07. The second-order valence-corrected chi connectivity index (χ2v) is 6.68. The summed E-state index contributed by atoms with van der Waals surface area (Å²) < 4.78 is 0. The molecule has 0 unspecified atom stereocenters. The number of benzene rings is 1. The number of thioether (sulfide) groups is 1. The number of hydrogen-bond acceptors (Lipinski definition) is 5. The molecule has 2 saturated heterocycles. The lowest BCUT2D eigenvalue weighted by Crippen LogP contribution is -2.50. The van der Waals surface area contributed by atoms with E-state index in [2.05, 4.69) is 10.7 Å². The zero-order valence-electron chi connectivity index (χ0n) is 12.9. The molecule has 5 amide bonds. The predicted octanol–water partition coefficient (Wildman–Crippen LogP) is 0.654. The average Bonchev–Trinajstić information content (AvgIpc) is 3.05. The van der Waals surface area contributed by atoms with Gasteiger partial charge in [-0.25, -0.2) is 4.79 Å². The van der Waals surface area contributed by atoms with Gasteiger partial charge >= 0.3 is 6.03 Å². The fraction of sp³-hybridized carbons (Fsp3) is 0.333. The van der Waals surface area contributed by atoms with Crippen LogP contribution in [0.3, 0.4) is 0 Å². The van der Waals surface area contributed by atoms with E-state index in [1.165, 1.54) is 4.90 Å². The van der Waals surface area contributed by atoms with E-state index in [4.69, 9.17) is 0 Å². The zero-order valence-corrected chi connectivity index (χ0v) is 13.8. The van der Waals surface area contributed by atoms with Gasteiger partial charge in [-0.15, -0.1) is 0 Å². The predicted molar refractivity (Wildman–Crippen MR) is 86.7 cm³/mol. The first kappa shape index (κ1) is 16.3. The molecule has 8 nitrogen and oxygen atoms in total. The molecule has 2 N–H and O–H groups in total. The van der Waals surface area contributed by atoms with Gasteiger partial charge in [0.05, 0.1) is 0 Å². The van der Waals surface area contributed by atoms with E-state index in [0.717, 1.165) is 11.8 Å². The molecule has 2 fully saturated rings. The van der Waals surface area contributed by atoms with Crippen LogP contribution in [-0.2, 0) is 15.1 Å². The maximum atomic E-state index is 12.6. The standard InChI is InChI=1S/C15H16N4O4S/c1-15(10-5-3-2-4-6-10)12(21)19(13(22)16-15)17-11(20)9-18-7-8-24-14(18)23/h2-6H,7-9H2,1H3,(H,16,22)(H,17,20)/t15-/m0/s1. The minimum Gasteiger partial charge on any atom is -0.323 e. The Balaban J connectivity index is 1.70. The monoisotopic (exact) mass is 348 g/mol. The van der Waals surface area contributed by atoms with Crippen molar-refractivity contribution in [2.75, 3.05) is 18.8 Å². The number of nitrogens with zero attached hydrogens (tertiary/aromatic N) is 2. The van der Waals surface area contributed by atoms with Gasteiger partial charge in [0.2, 0.25) is 0 Å². The Morgan fingerprint density at radius 2 is 2.00 bits per heavy atom. The van der Waals surface area contributed by atoms with Crippen molar-refractivity contribution in [3.05, 3.63) is 35.9 Å². The Hall–Kier alpha value is -2.55. The number of hydrazine groups is 1. The summed E-state index contributed by atoms with van der Waals surface area (Å²) in [5.74, 6) is -0.540. The molecule has 126 valence electrons. The summed E-state index contributed by atoms with van der Waals surface area (Å²) >= 11 is 1.14. The lowest BCUT2D eigenvalue weighted by atomic mass is 9.92. The van der Waals surface area contributed by atoms with Crippen molar-refractivity contribution in [1.29, 1.82) is 0 Å². The van der Waals surface area contributed by atoms with Gasteiger partial charge in [0.25, 0.3) is 17.1 Å². The molecule has 2 heterocycles. The van der Waals surface area contributed by atoms with Crippen LogP contribution in [-0.4, -0.2) is 51.8 Å². The summed E-state index contributed by atoms with van der Waals surface area (Å²) in [5, 5.41) is 3.08. The van der Waals surface area contributed by atoms with Crippen LogP contribution in [0.1, 0.15) is 12.5 Å². The number of carbonyl (C=O) groups excluding carboxylic acids is 4. The SMILES string of the molecule is C[C@@]1(c2ccccc2)NC(=O)N(NC(=O)CN2CCSC2=O)C1=O. The first-order valence-corrected chi connectivity index (χ1v) is 8.34. The summed E-state index contributed by atoms with van der Waals surface area (Å²) in [7, 11) is 0. The van der Waals surface area contributed by atoms with E-state index in [1.54, 1.807) is 37.3 Å². The molecule has 1 aromatic carbocycles. The van der Waals surface area contributed by atoms with Crippen LogP contribution < -0.4 is 10.7 Å². The van der Waals surface area contributed by atoms with Crippen molar-refractivity contribution < 1.29 is 19.2 Å². The second-order valence-electron chi connectivity index (χ2n) is 5.63. The number of carbonyl (C=O) groups is 4. The van der Waals surface area contributed by atoms with Crippen molar-refractivity contribution in [2.45, 2.75) is 12.5 Å². The zero-order chi connectivity index (χ0) is 17.3. The van der Waals surface area contributed by atoms with Crippen molar-refractivity contribution in [3.63, 3.8) is 0 Å². The van der Waals surface area contributed by atoms with E-state index in [-0.39, 0.29) is 11.8 Å². The highest BCUT2D eigenvalue weighted by Gasteiger charge is 2.50. The Bertz CT molecular complexity index is 711. The minimum atomic E-state index is -1.25. The molecule has 0 saturated carbocycles. The number of urea groups is 1. The molecule has 1 atom stereocenters. The largest absolute Gasteiger partial charge is 0.344 e. The van der Waals surface area contributed by atoms with Crippen LogP contribution in [0.5, 0.6) is 0 Å². The lowest BCUT2D eigenvalue weighted by Gasteiger charge is -2.22. The number of rotatable bonds is 4. The molecular formula is C15H16N4O4S. The van der Waals surface area contributed by atoms with Crippen LogP contribution in [0.4, 0.5) is 9.59 Å². The van der Waals surface area contributed by atoms with E-state index >= 15 is 0 Å². The topological polar surface area (TPSA) is 98.8 Å². The van der Waals surface area contributed by atoms with E-state index in [1.807, 2.05) is 0 Å². The molecule has 9 heteroatoms. The summed E-state index contributed by atoms with van der Waals surface area (Å²) in [6.45, 7) is 1.86. The molecule has 0 aromatic heterocycles. The van der Waals surface area contributed by atoms with Crippen molar-refractivity contribution in [3.8, 4) is 0 Å². The third-order valence-corrected chi connectivity index (χ3v) is 4.85. The van der Waals surface area contributed by atoms with Crippen molar-refractivity contribution in [1.82, 2.24) is 20.7 Å². The van der Waals surface area contributed by atoms with Gasteiger partial charge in [0.15, 0.2) is 0 Å². The van der Waals surface area contributed by atoms with Gasteiger partial charge in [-0.3, -0.25) is 19.8 Å². The molecule has 1 aromatic rings. The molecule has 2 aliphatic rings. The first-order valence-electron chi connectivity index (χ1n) is 7.35. The molecule has 3 rings (SSSR count). The molecule has 24 heavy (non-hydrogen) atoms. The number of amides is 5. The average molecular weight is 348 g/mol. The van der Waals surface area contributed by atoms with Gasteiger partial charge in [-0.2, -0.15) is 5.01 Å². The molecule has 0 bridgehead atoms. The Morgan fingerprint density at radius 1 is 1.29 bits per heavy atom. The van der Waals surface area contributed by atoms with Gasteiger partial charge in [0, 0.05) is 12.3 Å². The first-order chi connectivity index (χ1) is 11.4. The maximum absolute atomic E-state index is 12.6. The highest BCUT2D eigenvalue weighted by Crippen LogP contribution is 2.27. The molecule has 0 spiro atoms. The van der Waals surface area contributed by atoms with Gasteiger partial charge < -0.3 is 10.2 Å². The second kappa shape index (κ2) is 6.16. The quantitative estimate of drug-likeness (QED) is 0.779. The Morgan fingerprint density at radius 3 is 2.62 bits per heavy atom. The van der Waals surface area contributed by atoms with Crippen LogP contribution in [0.25, 0.3) is 0 Å². The molecular weight excluding hydrogens is 332 g/mol. The third-order valence-electron chi connectivity index (χ3n) is 3.96. The number of imide groups is 1. The highest BCUT2D eigenvalue weighted by atomic mass is 32.2. The summed E-state index contributed by atoms with van der Waals surface area (Å²) in [4.78, 5) is 49.7. The summed E-state index contributed by atoms with van der Waals surface area (Å²) in [5.41, 5.74) is 1.65. The van der Waals surface area contributed by atoms with Crippen LogP contribution in [0, 0.1) is 0 Å². The van der Waals surface area contributed by atoms with Gasteiger partial charge in [-0.05, 0) is 12.5 Å². The van der Waals surface area contributed by atoms with E-state index in [0.29, 0.717) is 22.9 Å². The maximum Gasteiger partial charge on any atom is 0.344 e. The lowest BCUT2D eigenvalue weighted by molar-refractivity contribution is -0.139. The highest BCUT2D eigenvalue weighted by molar-refractivity contribution is 8.13. The Labute approximate surface area is 142 Å². The van der Waals surface area contributed by atoms with Crippen molar-refractivity contribution in [2.24, 2.45) is 0 Å². The molecule has 0 aliphatic carbocycles. The van der Waals surface area contributed by atoms with Gasteiger partial charge in [-0.1, -0.05) is 42.1 Å². The van der Waals surface area contributed by atoms with Crippen molar-refractivity contribution >= 4 is 34.8 Å². The van der Waals surface area contributed by atoms with Crippen LogP contribution in [0.15, 0.2) is 30.3 Å².